The van der Waals surface area contributed by atoms with Crippen molar-refractivity contribution in [2.75, 3.05) is 31.6 Å². The fraction of sp³-hybridized carbons (Fsp3) is 0.611. The second kappa shape index (κ2) is 10.1. The van der Waals surface area contributed by atoms with Crippen LogP contribution in [0.1, 0.15) is 25.3 Å². The summed E-state index contributed by atoms with van der Waals surface area (Å²) in [7, 11) is -3.75. The molecule has 0 aliphatic carbocycles. The van der Waals surface area contributed by atoms with Gasteiger partial charge in [0.15, 0.2) is 0 Å². The second-order valence-electron chi connectivity index (χ2n) is 7.29. The number of halogens is 1. The highest BCUT2D eigenvalue weighted by molar-refractivity contribution is 7.98. The number of hydrogen-bond acceptors (Lipinski definition) is 5. The van der Waals surface area contributed by atoms with E-state index in [9.17, 15) is 13.2 Å². The Kier molecular flexibility index (Phi) is 9.08. The third kappa shape index (κ3) is 6.35. The first kappa shape index (κ1) is 24.2. The van der Waals surface area contributed by atoms with Gasteiger partial charge in [-0.05, 0) is 55.9 Å². The lowest BCUT2D eigenvalue weighted by atomic mass is 9.90. The van der Waals surface area contributed by atoms with Gasteiger partial charge in [0.25, 0.3) is 0 Å². The molecule has 1 aliphatic rings. The molecule has 1 aliphatic heterocycles. The van der Waals surface area contributed by atoms with E-state index >= 15 is 0 Å². The lowest BCUT2D eigenvalue weighted by molar-refractivity contribution is -0.132. The number of nitrogens with two attached hydrogens (primary N) is 1. The van der Waals surface area contributed by atoms with Crippen molar-refractivity contribution in [1.82, 2.24) is 9.62 Å². The van der Waals surface area contributed by atoms with Crippen molar-refractivity contribution in [2.24, 2.45) is 11.1 Å². The highest BCUT2D eigenvalue weighted by atomic mass is 35.5. The average Bonchev–Trinajstić information content (AvgIpc) is 3.01. The molecule has 1 aromatic rings. The van der Waals surface area contributed by atoms with Crippen LogP contribution in [-0.2, 0) is 14.8 Å². The van der Waals surface area contributed by atoms with Crippen molar-refractivity contribution < 1.29 is 13.2 Å². The molecule has 154 valence electrons. The van der Waals surface area contributed by atoms with E-state index in [1.807, 2.05) is 13.2 Å². The van der Waals surface area contributed by atoms with Crippen LogP contribution in [0, 0.1) is 12.3 Å². The van der Waals surface area contributed by atoms with E-state index in [2.05, 4.69) is 11.6 Å². The first-order chi connectivity index (χ1) is 12.2. The largest absolute Gasteiger partial charge is 0.341 e. The van der Waals surface area contributed by atoms with Crippen molar-refractivity contribution in [2.45, 2.75) is 37.6 Å². The molecular formula is C18H30ClN3O3S2. The van der Waals surface area contributed by atoms with Gasteiger partial charge in [0.2, 0.25) is 15.9 Å². The fourth-order valence-corrected chi connectivity index (χ4v) is 4.74. The zero-order valence-electron chi connectivity index (χ0n) is 16.1. The van der Waals surface area contributed by atoms with Crippen molar-refractivity contribution in [3.05, 3.63) is 29.8 Å². The molecule has 0 spiro atoms. The standard InChI is InChI=1S/C18H29N3O3S2.ClH/c1-14-4-6-15(7-5-14)26(23,24)20-16(8-11-25-3)17(22)21-10-9-18(2,12-19)13-21;/h4-7,16,20H,8-13,19H2,1-3H3;1H. The normalized spacial score (nSPS) is 21.0. The number of amides is 1. The molecule has 1 heterocycles. The zero-order chi connectivity index (χ0) is 19.4. The van der Waals surface area contributed by atoms with E-state index in [0.717, 1.165) is 12.0 Å². The summed E-state index contributed by atoms with van der Waals surface area (Å²) in [5.74, 6) is 0.543. The molecule has 1 fully saturated rings. The molecule has 0 bridgehead atoms. The minimum absolute atomic E-state index is 0. The minimum atomic E-state index is -3.75. The first-order valence-electron chi connectivity index (χ1n) is 8.77. The van der Waals surface area contributed by atoms with E-state index in [1.165, 1.54) is 0 Å². The van der Waals surface area contributed by atoms with Crippen molar-refractivity contribution >= 4 is 40.1 Å². The van der Waals surface area contributed by atoms with Crippen LogP contribution >= 0.6 is 24.2 Å². The Morgan fingerprint density at radius 3 is 2.52 bits per heavy atom. The summed E-state index contributed by atoms with van der Waals surface area (Å²) in [6, 6.07) is 5.87. The Bertz CT molecular complexity index is 728. The van der Waals surface area contributed by atoms with Gasteiger partial charge in [-0.3, -0.25) is 4.79 Å². The van der Waals surface area contributed by atoms with E-state index < -0.39 is 16.1 Å². The monoisotopic (exact) mass is 435 g/mol. The van der Waals surface area contributed by atoms with Crippen LogP contribution in [0.3, 0.4) is 0 Å². The van der Waals surface area contributed by atoms with Gasteiger partial charge in [0, 0.05) is 13.1 Å². The number of likely N-dealkylation sites (tertiary alicyclic amines) is 1. The lowest BCUT2D eigenvalue weighted by Crippen LogP contribution is -2.48. The van der Waals surface area contributed by atoms with Gasteiger partial charge in [-0.1, -0.05) is 24.6 Å². The molecule has 9 heteroatoms. The van der Waals surface area contributed by atoms with Crippen molar-refractivity contribution in [3.63, 3.8) is 0 Å². The van der Waals surface area contributed by atoms with Crippen LogP contribution in [0.25, 0.3) is 0 Å². The number of hydrogen-bond donors (Lipinski definition) is 2. The predicted molar refractivity (Wildman–Crippen MR) is 114 cm³/mol. The number of carbonyl (C=O) groups excluding carboxylic acids is 1. The number of aryl methyl sites for hydroxylation is 1. The summed E-state index contributed by atoms with van der Waals surface area (Å²) < 4.78 is 28.0. The maximum absolute atomic E-state index is 13.0. The maximum Gasteiger partial charge on any atom is 0.241 e. The van der Waals surface area contributed by atoms with Crippen LogP contribution in [-0.4, -0.2) is 56.9 Å². The van der Waals surface area contributed by atoms with Gasteiger partial charge in [-0.15, -0.1) is 12.4 Å². The Labute approximate surface area is 173 Å². The maximum atomic E-state index is 13.0. The molecule has 1 amide bonds. The fourth-order valence-electron chi connectivity index (χ4n) is 3.04. The number of nitrogens with one attached hydrogen (secondary N) is 1. The van der Waals surface area contributed by atoms with Crippen molar-refractivity contribution in [1.29, 1.82) is 0 Å². The predicted octanol–water partition coefficient (Wildman–Crippen LogP) is 2.01. The van der Waals surface area contributed by atoms with Gasteiger partial charge in [0.1, 0.15) is 6.04 Å². The molecule has 0 radical (unpaired) electrons. The topological polar surface area (TPSA) is 92.5 Å². The van der Waals surface area contributed by atoms with Gasteiger partial charge >= 0.3 is 0 Å². The van der Waals surface area contributed by atoms with Gasteiger partial charge in [-0.25, -0.2) is 8.42 Å². The molecule has 27 heavy (non-hydrogen) atoms. The van der Waals surface area contributed by atoms with Gasteiger partial charge in [-0.2, -0.15) is 16.5 Å². The summed E-state index contributed by atoms with van der Waals surface area (Å²) in [6.07, 6.45) is 3.24. The average molecular weight is 436 g/mol. The molecule has 0 saturated carbocycles. The number of rotatable bonds is 8. The molecule has 6 nitrogen and oxygen atoms in total. The van der Waals surface area contributed by atoms with Gasteiger partial charge in [0.05, 0.1) is 4.90 Å². The SMILES string of the molecule is CSCCC(NS(=O)(=O)c1ccc(C)cc1)C(=O)N1CCC(C)(CN)C1.Cl. The number of carbonyl (C=O) groups is 1. The van der Waals surface area contributed by atoms with Crippen molar-refractivity contribution in [3.8, 4) is 0 Å². The summed E-state index contributed by atoms with van der Waals surface area (Å²) in [4.78, 5) is 14.9. The number of thioether (sulfide) groups is 1. The summed E-state index contributed by atoms with van der Waals surface area (Å²) >= 11 is 1.59. The highest BCUT2D eigenvalue weighted by Gasteiger charge is 2.38. The first-order valence-corrected chi connectivity index (χ1v) is 11.7. The molecule has 0 aromatic heterocycles. The number of sulfonamides is 1. The molecule has 2 rings (SSSR count). The molecular weight excluding hydrogens is 406 g/mol. The molecule has 2 atom stereocenters. The quantitative estimate of drug-likeness (QED) is 0.651. The van der Waals surface area contributed by atoms with E-state index in [4.69, 9.17) is 5.73 Å². The van der Waals surface area contributed by atoms with Crippen LogP contribution in [0.4, 0.5) is 0 Å². The minimum Gasteiger partial charge on any atom is -0.341 e. The number of benzene rings is 1. The van der Waals surface area contributed by atoms with Gasteiger partial charge < -0.3 is 10.6 Å². The molecule has 2 unspecified atom stereocenters. The Morgan fingerprint density at radius 2 is 2.00 bits per heavy atom. The highest BCUT2D eigenvalue weighted by Crippen LogP contribution is 2.29. The van der Waals surface area contributed by atoms with E-state index in [1.54, 1.807) is 40.9 Å². The van der Waals surface area contributed by atoms with Crippen LogP contribution in [0.15, 0.2) is 29.2 Å². The molecule has 1 aromatic carbocycles. The van der Waals surface area contributed by atoms with Crippen LogP contribution < -0.4 is 10.5 Å². The Hall–Kier alpha value is -0.800. The Balaban J connectivity index is 0.00000364. The number of nitrogens with zero attached hydrogens (tertiary/aromatic N) is 1. The Morgan fingerprint density at radius 1 is 1.37 bits per heavy atom. The lowest BCUT2D eigenvalue weighted by Gasteiger charge is -2.26. The third-order valence-electron chi connectivity index (χ3n) is 4.90. The second-order valence-corrected chi connectivity index (χ2v) is 9.99. The summed E-state index contributed by atoms with van der Waals surface area (Å²) in [5, 5.41) is 0. The summed E-state index contributed by atoms with van der Waals surface area (Å²) in [6.45, 7) is 5.67. The zero-order valence-corrected chi connectivity index (χ0v) is 18.6. The van der Waals surface area contributed by atoms with Crippen LogP contribution in [0.5, 0.6) is 0 Å². The van der Waals surface area contributed by atoms with E-state index in [-0.39, 0.29) is 28.6 Å². The summed E-state index contributed by atoms with van der Waals surface area (Å²) in [5.41, 5.74) is 6.72. The molecule has 3 N–H and O–H groups in total. The molecule has 1 saturated heterocycles. The van der Waals surface area contributed by atoms with Crippen LogP contribution in [0.2, 0.25) is 0 Å². The smallest absolute Gasteiger partial charge is 0.241 e. The third-order valence-corrected chi connectivity index (χ3v) is 7.03. The van der Waals surface area contributed by atoms with E-state index in [0.29, 0.717) is 31.8 Å².